The lowest BCUT2D eigenvalue weighted by Crippen LogP contribution is -1.96. The second kappa shape index (κ2) is 8.20. The zero-order chi connectivity index (χ0) is 21.0. The molecule has 6 nitrogen and oxygen atoms in total. The van der Waals surface area contributed by atoms with E-state index in [1.54, 1.807) is 36.7 Å². The van der Waals surface area contributed by atoms with Gasteiger partial charge in [-0.15, -0.1) is 0 Å². The molecule has 0 aliphatic heterocycles. The van der Waals surface area contributed by atoms with E-state index in [4.69, 9.17) is 4.74 Å². The quantitative estimate of drug-likeness (QED) is 0.316. The fourth-order valence-electron chi connectivity index (χ4n) is 3.33. The third-order valence-corrected chi connectivity index (χ3v) is 4.89. The highest BCUT2D eigenvalue weighted by molar-refractivity contribution is 5.86. The van der Waals surface area contributed by atoms with Crippen molar-refractivity contribution in [1.29, 1.82) is 0 Å². The second-order valence-corrected chi connectivity index (χ2v) is 7.17. The molecule has 3 aromatic carbocycles. The molecule has 0 atom stereocenters. The summed E-state index contributed by atoms with van der Waals surface area (Å²) in [6.07, 6.45) is 3.38. The number of fused-ring (bicyclic) bond motifs is 1. The average molecular weight is 408 g/mol. The molecular weight excluding hydrogens is 388 g/mol. The Labute approximate surface area is 179 Å². The van der Waals surface area contributed by atoms with E-state index in [1.165, 1.54) is 0 Å². The van der Waals surface area contributed by atoms with E-state index in [-0.39, 0.29) is 5.75 Å². The minimum Gasteiger partial charge on any atom is -0.508 e. The summed E-state index contributed by atoms with van der Waals surface area (Å²) < 4.78 is 5.94. The first kappa shape index (κ1) is 18.7. The van der Waals surface area contributed by atoms with Crippen molar-refractivity contribution in [3.05, 3.63) is 96.8 Å². The number of ether oxygens (including phenoxy) is 1. The Morgan fingerprint density at radius 2 is 1.74 bits per heavy atom. The molecule has 152 valence electrons. The first-order valence-electron chi connectivity index (χ1n) is 9.91. The smallest absolute Gasteiger partial charge is 0.149 e. The number of benzene rings is 3. The summed E-state index contributed by atoms with van der Waals surface area (Å²) in [6, 6.07) is 24.9. The van der Waals surface area contributed by atoms with Crippen molar-refractivity contribution in [3.63, 3.8) is 0 Å². The number of aromatic amines is 1. The lowest BCUT2D eigenvalue weighted by molar-refractivity contribution is 0.306. The van der Waals surface area contributed by atoms with Crippen LogP contribution in [0.25, 0.3) is 22.3 Å². The fraction of sp³-hybridized carbons (Fsp3) is 0.0400. The van der Waals surface area contributed by atoms with Crippen LogP contribution in [0.5, 0.6) is 11.5 Å². The van der Waals surface area contributed by atoms with E-state index >= 15 is 0 Å². The van der Waals surface area contributed by atoms with Crippen LogP contribution in [-0.4, -0.2) is 20.1 Å². The van der Waals surface area contributed by atoms with Gasteiger partial charge in [-0.05, 0) is 54.1 Å². The van der Waals surface area contributed by atoms with Gasteiger partial charge in [-0.25, -0.2) is 4.98 Å². The van der Waals surface area contributed by atoms with Gasteiger partial charge in [0.1, 0.15) is 29.6 Å². The number of nitrogens with zero attached hydrogens (tertiary/aromatic N) is 2. The van der Waals surface area contributed by atoms with Gasteiger partial charge >= 0.3 is 0 Å². The zero-order valence-corrected chi connectivity index (χ0v) is 16.6. The normalized spacial score (nSPS) is 10.8. The molecule has 5 rings (SSSR count). The standard InChI is InChI=1S/C25H20N4O2/c30-20-8-6-19(7-9-20)27-25-15-26-14-24(29-25)23-13-18-12-21(10-11-22(18)28-23)31-16-17-4-2-1-3-5-17/h1-15,28,30H,16H2,(H,27,29). The van der Waals surface area contributed by atoms with Gasteiger partial charge in [0.05, 0.1) is 18.1 Å². The van der Waals surface area contributed by atoms with Gasteiger partial charge in [-0.3, -0.25) is 4.98 Å². The molecule has 0 amide bonds. The molecular formula is C25H20N4O2. The monoisotopic (exact) mass is 408 g/mol. The van der Waals surface area contributed by atoms with E-state index in [0.29, 0.717) is 12.4 Å². The van der Waals surface area contributed by atoms with Crippen molar-refractivity contribution in [2.75, 3.05) is 5.32 Å². The Balaban J connectivity index is 1.35. The van der Waals surface area contributed by atoms with Gasteiger partial charge < -0.3 is 20.1 Å². The molecule has 2 heterocycles. The Bertz CT molecular complexity index is 1310. The van der Waals surface area contributed by atoms with Gasteiger partial charge in [-0.1, -0.05) is 30.3 Å². The summed E-state index contributed by atoms with van der Waals surface area (Å²) in [5.41, 5.74) is 4.55. The van der Waals surface area contributed by atoms with E-state index in [9.17, 15) is 5.11 Å². The number of phenols is 1. The molecule has 0 fully saturated rings. The Kier molecular flexibility index (Phi) is 4.94. The van der Waals surface area contributed by atoms with Crippen LogP contribution >= 0.6 is 0 Å². The topological polar surface area (TPSA) is 83.1 Å². The number of nitrogens with one attached hydrogen (secondary N) is 2. The van der Waals surface area contributed by atoms with Gasteiger partial charge in [0.2, 0.25) is 0 Å². The minimum absolute atomic E-state index is 0.218. The van der Waals surface area contributed by atoms with Crippen LogP contribution in [0, 0.1) is 0 Å². The van der Waals surface area contributed by atoms with Gasteiger partial charge in [0.25, 0.3) is 0 Å². The van der Waals surface area contributed by atoms with E-state index in [2.05, 4.69) is 20.3 Å². The average Bonchev–Trinajstić information content (AvgIpc) is 3.24. The molecule has 0 aliphatic rings. The van der Waals surface area contributed by atoms with Gasteiger partial charge in [0.15, 0.2) is 0 Å². The SMILES string of the molecule is Oc1ccc(Nc2cncc(-c3cc4cc(OCc5ccccc5)ccc4[nH]3)n2)cc1. The third kappa shape index (κ3) is 4.33. The number of phenolic OH excluding ortho intramolecular Hbond substituents is 1. The molecule has 0 saturated carbocycles. The number of H-pyrrole nitrogens is 1. The van der Waals surface area contributed by atoms with Crippen molar-refractivity contribution in [1.82, 2.24) is 15.0 Å². The predicted octanol–water partition coefficient (Wildman–Crippen LogP) is 5.65. The van der Waals surface area contributed by atoms with Crippen molar-refractivity contribution in [2.45, 2.75) is 6.61 Å². The lowest BCUT2D eigenvalue weighted by atomic mass is 10.2. The molecule has 0 spiro atoms. The Hall–Kier alpha value is -4.32. The molecule has 0 aliphatic carbocycles. The predicted molar refractivity (Wildman–Crippen MR) is 121 cm³/mol. The first-order valence-corrected chi connectivity index (χ1v) is 9.91. The fourth-order valence-corrected chi connectivity index (χ4v) is 3.33. The highest BCUT2D eigenvalue weighted by Crippen LogP contribution is 2.27. The summed E-state index contributed by atoms with van der Waals surface area (Å²) in [7, 11) is 0. The van der Waals surface area contributed by atoms with E-state index in [1.807, 2.05) is 54.6 Å². The van der Waals surface area contributed by atoms with Crippen LogP contribution in [-0.2, 0) is 6.61 Å². The maximum absolute atomic E-state index is 9.43. The first-order chi connectivity index (χ1) is 15.2. The van der Waals surface area contributed by atoms with E-state index in [0.717, 1.165) is 39.3 Å². The lowest BCUT2D eigenvalue weighted by Gasteiger charge is -2.06. The Morgan fingerprint density at radius 1 is 0.903 bits per heavy atom. The summed E-state index contributed by atoms with van der Waals surface area (Å²) in [5, 5.41) is 13.7. The second-order valence-electron chi connectivity index (χ2n) is 7.17. The molecule has 0 bridgehead atoms. The van der Waals surface area contributed by atoms with Crippen molar-refractivity contribution in [2.24, 2.45) is 0 Å². The Morgan fingerprint density at radius 3 is 2.58 bits per heavy atom. The maximum atomic E-state index is 9.43. The van der Waals surface area contributed by atoms with Crippen LogP contribution in [0.1, 0.15) is 5.56 Å². The zero-order valence-electron chi connectivity index (χ0n) is 16.6. The highest BCUT2D eigenvalue weighted by Gasteiger charge is 2.08. The molecule has 5 aromatic rings. The number of anilines is 2. The molecule has 0 radical (unpaired) electrons. The maximum Gasteiger partial charge on any atom is 0.149 e. The minimum atomic E-state index is 0.218. The molecule has 0 unspecified atom stereocenters. The summed E-state index contributed by atoms with van der Waals surface area (Å²) in [5.74, 6) is 1.65. The van der Waals surface area contributed by atoms with Gasteiger partial charge in [-0.2, -0.15) is 0 Å². The highest BCUT2D eigenvalue weighted by atomic mass is 16.5. The number of aromatic nitrogens is 3. The number of hydrogen-bond acceptors (Lipinski definition) is 5. The van der Waals surface area contributed by atoms with Crippen LogP contribution in [0.3, 0.4) is 0 Å². The summed E-state index contributed by atoms with van der Waals surface area (Å²) in [6.45, 7) is 0.528. The van der Waals surface area contributed by atoms with Crippen molar-refractivity contribution >= 4 is 22.4 Å². The van der Waals surface area contributed by atoms with Crippen LogP contribution in [0.2, 0.25) is 0 Å². The summed E-state index contributed by atoms with van der Waals surface area (Å²) in [4.78, 5) is 12.4. The van der Waals surface area contributed by atoms with Gasteiger partial charge in [0, 0.05) is 16.6 Å². The van der Waals surface area contributed by atoms with Crippen molar-refractivity contribution < 1.29 is 9.84 Å². The van der Waals surface area contributed by atoms with Crippen LogP contribution in [0.4, 0.5) is 11.5 Å². The summed E-state index contributed by atoms with van der Waals surface area (Å²) >= 11 is 0. The van der Waals surface area contributed by atoms with Crippen molar-refractivity contribution in [3.8, 4) is 22.9 Å². The molecule has 31 heavy (non-hydrogen) atoms. The number of aromatic hydroxyl groups is 1. The van der Waals surface area contributed by atoms with Crippen LogP contribution < -0.4 is 10.1 Å². The molecule has 6 heteroatoms. The molecule has 3 N–H and O–H groups in total. The molecule has 2 aromatic heterocycles. The number of hydrogen-bond donors (Lipinski definition) is 3. The molecule has 0 saturated heterocycles. The van der Waals surface area contributed by atoms with Crippen LogP contribution in [0.15, 0.2) is 91.3 Å². The van der Waals surface area contributed by atoms with E-state index < -0.39 is 0 Å². The number of rotatable bonds is 6. The third-order valence-electron chi connectivity index (χ3n) is 4.89. The largest absolute Gasteiger partial charge is 0.508 e.